The fourth-order valence-corrected chi connectivity index (χ4v) is 4.34. The molecule has 1 aliphatic heterocycles. The number of carbonyl (C=O) groups is 1. The van der Waals surface area contributed by atoms with Crippen LogP contribution in [0.1, 0.15) is 33.3 Å². The topological polar surface area (TPSA) is 32.7 Å². The summed E-state index contributed by atoms with van der Waals surface area (Å²) in [5.74, 6) is -0.0420. The monoisotopic (exact) mass is 382 g/mol. The lowest BCUT2D eigenvalue weighted by Crippen LogP contribution is -2.26. The van der Waals surface area contributed by atoms with Gasteiger partial charge in [-0.1, -0.05) is 72.8 Å². The lowest BCUT2D eigenvalue weighted by atomic mass is 9.97. The van der Waals surface area contributed by atoms with Gasteiger partial charge in [-0.3, -0.25) is 4.79 Å². The van der Waals surface area contributed by atoms with E-state index in [2.05, 4.69) is 42.5 Å². The molecule has 0 spiro atoms. The van der Waals surface area contributed by atoms with Crippen LogP contribution < -0.4 is 0 Å². The van der Waals surface area contributed by atoms with Crippen molar-refractivity contribution in [1.29, 1.82) is 0 Å². The largest absolute Gasteiger partial charge is 0.284 e. The molecule has 2 heterocycles. The van der Waals surface area contributed by atoms with E-state index in [-0.39, 0.29) is 11.9 Å². The molecule has 0 radical (unpaired) electrons. The summed E-state index contributed by atoms with van der Waals surface area (Å²) < 4.78 is 0. The van der Waals surface area contributed by atoms with E-state index in [9.17, 15) is 4.79 Å². The second-order valence-electron chi connectivity index (χ2n) is 6.87. The first-order valence-electron chi connectivity index (χ1n) is 9.28. The summed E-state index contributed by atoms with van der Waals surface area (Å²) in [6.07, 6.45) is 0.708. The van der Waals surface area contributed by atoms with E-state index in [4.69, 9.17) is 5.10 Å². The van der Waals surface area contributed by atoms with E-state index in [1.54, 1.807) is 5.01 Å². The molecule has 3 aromatic carbocycles. The van der Waals surface area contributed by atoms with Crippen molar-refractivity contribution in [3.63, 3.8) is 0 Å². The van der Waals surface area contributed by atoms with Gasteiger partial charge in [0, 0.05) is 6.42 Å². The molecule has 1 aromatic heterocycles. The van der Waals surface area contributed by atoms with Crippen LogP contribution in [0.5, 0.6) is 0 Å². The van der Waals surface area contributed by atoms with Crippen molar-refractivity contribution in [1.82, 2.24) is 5.01 Å². The molecule has 5 rings (SSSR count). The normalized spacial score (nSPS) is 16.4. The molecule has 3 nitrogen and oxygen atoms in total. The molecule has 1 unspecified atom stereocenters. The molecule has 1 atom stereocenters. The minimum absolute atomic E-state index is 0.0420. The van der Waals surface area contributed by atoms with Crippen molar-refractivity contribution >= 4 is 33.7 Å². The Bertz CT molecular complexity index is 1170. The molecule has 0 saturated heterocycles. The quantitative estimate of drug-likeness (QED) is 0.435. The third kappa shape index (κ3) is 3.02. The molecule has 1 aliphatic rings. The first kappa shape index (κ1) is 16.9. The number of nitrogens with zero attached hydrogens (tertiary/aromatic N) is 2. The molecule has 136 valence electrons. The van der Waals surface area contributed by atoms with Crippen molar-refractivity contribution in [2.24, 2.45) is 5.10 Å². The van der Waals surface area contributed by atoms with Crippen LogP contribution in [0.25, 0.3) is 10.8 Å². The number of amides is 1. The van der Waals surface area contributed by atoms with Gasteiger partial charge in [-0.25, -0.2) is 5.01 Å². The molecule has 4 heteroatoms. The average Bonchev–Trinajstić information content (AvgIpc) is 3.44. The number of carbonyl (C=O) groups excluding carboxylic acids is 1. The number of hydrogen-bond acceptors (Lipinski definition) is 3. The van der Waals surface area contributed by atoms with Crippen molar-refractivity contribution < 1.29 is 4.79 Å². The standard InChI is InChI=1S/C24H18N2OS/c27-24(23-11-6-14-28-23)26-22(18-8-2-1-3-9-18)16-21(25-26)20-13-12-17-7-4-5-10-19(17)15-20/h1-15,22H,16H2. The summed E-state index contributed by atoms with van der Waals surface area (Å²) in [5.41, 5.74) is 3.12. The predicted octanol–water partition coefficient (Wildman–Crippen LogP) is 5.89. The van der Waals surface area contributed by atoms with E-state index in [0.29, 0.717) is 11.3 Å². The Hall–Kier alpha value is -3.24. The number of hydrogen-bond donors (Lipinski definition) is 0. The predicted molar refractivity (Wildman–Crippen MR) is 115 cm³/mol. The Morgan fingerprint density at radius 1 is 0.893 bits per heavy atom. The Morgan fingerprint density at radius 2 is 1.68 bits per heavy atom. The van der Waals surface area contributed by atoms with Crippen molar-refractivity contribution in [2.45, 2.75) is 12.5 Å². The van der Waals surface area contributed by atoms with Crippen LogP contribution in [0.3, 0.4) is 0 Å². The first-order chi connectivity index (χ1) is 13.8. The fraction of sp³-hybridized carbons (Fsp3) is 0.0833. The number of benzene rings is 3. The van der Waals surface area contributed by atoms with Gasteiger partial charge in [0.2, 0.25) is 0 Å². The highest BCUT2D eigenvalue weighted by Gasteiger charge is 2.33. The van der Waals surface area contributed by atoms with Crippen LogP contribution in [0.2, 0.25) is 0 Å². The van der Waals surface area contributed by atoms with Crippen LogP contribution in [0.4, 0.5) is 0 Å². The lowest BCUT2D eigenvalue weighted by Gasteiger charge is -2.21. The molecule has 1 amide bonds. The summed E-state index contributed by atoms with van der Waals surface area (Å²) in [6.45, 7) is 0. The maximum Gasteiger partial charge on any atom is 0.284 e. The van der Waals surface area contributed by atoms with E-state index in [1.165, 1.54) is 22.1 Å². The minimum Gasteiger partial charge on any atom is -0.266 e. The van der Waals surface area contributed by atoms with Gasteiger partial charge >= 0.3 is 0 Å². The van der Waals surface area contributed by atoms with Crippen molar-refractivity contribution in [3.8, 4) is 0 Å². The van der Waals surface area contributed by atoms with Gasteiger partial charge in [-0.15, -0.1) is 11.3 Å². The maximum atomic E-state index is 13.1. The molecule has 0 aliphatic carbocycles. The van der Waals surface area contributed by atoms with Crippen molar-refractivity contribution in [2.75, 3.05) is 0 Å². The Balaban J connectivity index is 1.56. The van der Waals surface area contributed by atoms with Gasteiger partial charge in [0.1, 0.15) is 0 Å². The molecule has 0 N–H and O–H groups in total. The fourth-order valence-electron chi connectivity index (χ4n) is 3.69. The highest BCUT2D eigenvalue weighted by Crippen LogP contribution is 2.35. The van der Waals surface area contributed by atoms with Gasteiger partial charge in [-0.05, 0) is 39.4 Å². The zero-order valence-corrected chi connectivity index (χ0v) is 16.0. The first-order valence-corrected chi connectivity index (χ1v) is 10.2. The van der Waals surface area contributed by atoms with Gasteiger partial charge < -0.3 is 0 Å². The van der Waals surface area contributed by atoms with E-state index in [0.717, 1.165) is 16.8 Å². The third-order valence-corrected chi connectivity index (χ3v) is 5.98. The Labute approximate surface area is 167 Å². The number of hydrazone groups is 1. The summed E-state index contributed by atoms with van der Waals surface area (Å²) >= 11 is 1.45. The SMILES string of the molecule is O=C(c1cccs1)N1N=C(c2ccc3ccccc3c2)CC1c1ccccc1. The van der Waals surface area contributed by atoms with Gasteiger partial charge in [0.15, 0.2) is 0 Å². The summed E-state index contributed by atoms with van der Waals surface area (Å²) in [7, 11) is 0. The van der Waals surface area contributed by atoms with E-state index in [1.807, 2.05) is 47.8 Å². The van der Waals surface area contributed by atoms with E-state index >= 15 is 0 Å². The minimum atomic E-state index is -0.0859. The van der Waals surface area contributed by atoms with E-state index < -0.39 is 0 Å². The third-order valence-electron chi connectivity index (χ3n) is 5.12. The van der Waals surface area contributed by atoms with Crippen LogP contribution in [-0.2, 0) is 0 Å². The summed E-state index contributed by atoms with van der Waals surface area (Å²) in [5, 5.41) is 10.8. The molecule has 0 saturated carbocycles. The maximum absolute atomic E-state index is 13.1. The van der Waals surface area contributed by atoms with Crippen LogP contribution in [-0.4, -0.2) is 16.6 Å². The van der Waals surface area contributed by atoms with Gasteiger partial charge in [0.05, 0.1) is 16.6 Å². The second kappa shape index (κ2) is 7.06. The summed E-state index contributed by atoms with van der Waals surface area (Å²) in [4.78, 5) is 13.8. The molecule has 0 bridgehead atoms. The second-order valence-corrected chi connectivity index (χ2v) is 7.81. The number of thiophene rings is 1. The molecular weight excluding hydrogens is 364 g/mol. The zero-order chi connectivity index (χ0) is 18.9. The highest BCUT2D eigenvalue weighted by atomic mass is 32.1. The van der Waals surface area contributed by atoms with Crippen molar-refractivity contribution in [3.05, 3.63) is 106 Å². The Kier molecular flexibility index (Phi) is 4.26. The van der Waals surface area contributed by atoms with Gasteiger partial charge in [0.25, 0.3) is 5.91 Å². The molecule has 28 heavy (non-hydrogen) atoms. The lowest BCUT2D eigenvalue weighted by molar-refractivity contribution is 0.0716. The average molecular weight is 382 g/mol. The smallest absolute Gasteiger partial charge is 0.266 e. The van der Waals surface area contributed by atoms with Crippen LogP contribution in [0, 0.1) is 0 Å². The number of fused-ring (bicyclic) bond motifs is 1. The van der Waals surface area contributed by atoms with Crippen LogP contribution in [0.15, 0.2) is 95.4 Å². The molecular formula is C24H18N2OS. The summed E-state index contributed by atoms with van der Waals surface area (Å²) in [6, 6.07) is 28.5. The number of rotatable bonds is 3. The Morgan fingerprint density at radius 3 is 2.46 bits per heavy atom. The molecule has 4 aromatic rings. The zero-order valence-electron chi connectivity index (χ0n) is 15.2. The molecule has 0 fully saturated rings. The van der Waals surface area contributed by atoms with Gasteiger partial charge in [-0.2, -0.15) is 5.10 Å². The highest BCUT2D eigenvalue weighted by molar-refractivity contribution is 7.12. The van der Waals surface area contributed by atoms with Crippen LogP contribution >= 0.6 is 11.3 Å².